The first kappa shape index (κ1) is 7.61. The maximum absolute atomic E-state index is 5.28. The van der Waals surface area contributed by atoms with E-state index in [-0.39, 0.29) is 0 Å². The van der Waals surface area contributed by atoms with Gasteiger partial charge in [-0.2, -0.15) is 0 Å². The highest BCUT2D eigenvalue weighted by Gasteiger charge is 2.16. The number of nitrogens with zero attached hydrogens (tertiary/aromatic N) is 1. The van der Waals surface area contributed by atoms with Crippen LogP contribution in [-0.2, 0) is 4.74 Å². The Bertz CT molecular complexity index is 133. The molecule has 1 heterocycles. The maximum Gasteiger partial charge on any atom is 0.0668 e. The molecule has 0 aromatic heterocycles. The Balaban J connectivity index is 2.47. The summed E-state index contributed by atoms with van der Waals surface area (Å²) in [6.45, 7) is 10.8. The first-order valence-electron chi connectivity index (χ1n) is 3.71. The molecule has 1 aliphatic heterocycles. The van der Waals surface area contributed by atoms with E-state index in [2.05, 4.69) is 18.4 Å². The molecule has 0 aromatic rings. The van der Waals surface area contributed by atoms with Crippen LogP contribution < -0.4 is 0 Å². The Morgan fingerprint density at radius 1 is 1.70 bits per heavy atom. The molecule has 2 nitrogen and oxygen atoms in total. The summed E-state index contributed by atoms with van der Waals surface area (Å²) in [5, 5.41) is 0. The van der Waals surface area contributed by atoms with E-state index in [1.807, 2.05) is 6.92 Å². The van der Waals surface area contributed by atoms with Crippen LogP contribution in [0.15, 0.2) is 12.3 Å². The Labute approximate surface area is 62.5 Å². The van der Waals surface area contributed by atoms with Gasteiger partial charge in [-0.1, -0.05) is 6.58 Å². The Kier molecular flexibility index (Phi) is 2.33. The highest BCUT2D eigenvalue weighted by molar-refractivity contribution is 4.92. The van der Waals surface area contributed by atoms with Crippen molar-refractivity contribution in [2.24, 2.45) is 0 Å². The van der Waals surface area contributed by atoms with Crippen LogP contribution in [0.3, 0.4) is 0 Å². The molecule has 10 heavy (non-hydrogen) atoms. The van der Waals surface area contributed by atoms with Crippen molar-refractivity contribution in [2.75, 3.05) is 19.8 Å². The molecule has 0 bridgehead atoms. The smallest absolute Gasteiger partial charge is 0.0668 e. The normalized spacial score (nSPS) is 26.6. The highest BCUT2D eigenvalue weighted by Crippen LogP contribution is 2.10. The molecule has 0 N–H and O–H groups in total. The fourth-order valence-electron chi connectivity index (χ4n) is 1.29. The summed E-state index contributed by atoms with van der Waals surface area (Å²) in [6, 6.07) is 0.506. The van der Waals surface area contributed by atoms with Gasteiger partial charge in [-0.05, 0) is 13.8 Å². The number of morpholine rings is 1. The number of hydrogen-bond donors (Lipinski definition) is 0. The highest BCUT2D eigenvalue weighted by atomic mass is 16.5. The lowest BCUT2D eigenvalue weighted by Gasteiger charge is -2.35. The molecule has 1 unspecified atom stereocenters. The lowest BCUT2D eigenvalue weighted by molar-refractivity contribution is 0.0173. The molecule has 0 radical (unpaired) electrons. The Morgan fingerprint density at radius 3 is 2.80 bits per heavy atom. The summed E-state index contributed by atoms with van der Waals surface area (Å²) in [5.41, 5.74) is 1.15. The van der Waals surface area contributed by atoms with Crippen molar-refractivity contribution in [1.82, 2.24) is 4.90 Å². The third-order valence-corrected chi connectivity index (χ3v) is 1.86. The fraction of sp³-hybridized carbons (Fsp3) is 0.750. The molecule has 0 spiro atoms. The van der Waals surface area contributed by atoms with E-state index in [1.54, 1.807) is 0 Å². The van der Waals surface area contributed by atoms with Crippen LogP contribution in [0.4, 0.5) is 0 Å². The summed E-state index contributed by atoms with van der Waals surface area (Å²) in [4.78, 5) is 2.28. The van der Waals surface area contributed by atoms with Gasteiger partial charge in [0.1, 0.15) is 0 Å². The lowest BCUT2D eigenvalue weighted by Crippen LogP contribution is -2.41. The monoisotopic (exact) mass is 141 g/mol. The summed E-state index contributed by atoms with van der Waals surface area (Å²) in [6.07, 6.45) is 0. The topological polar surface area (TPSA) is 12.5 Å². The standard InChI is InChI=1S/C8H15NO/c1-7(2)9-4-5-10-6-8(9)3/h8H,1,4-6H2,2-3H3. The number of hydrogen-bond acceptors (Lipinski definition) is 2. The van der Waals surface area contributed by atoms with Gasteiger partial charge in [0.25, 0.3) is 0 Å². The second-order valence-corrected chi connectivity index (χ2v) is 2.85. The van der Waals surface area contributed by atoms with Gasteiger partial charge in [0.05, 0.1) is 13.2 Å². The van der Waals surface area contributed by atoms with E-state index < -0.39 is 0 Å². The molecular formula is C8H15NO. The van der Waals surface area contributed by atoms with Gasteiger partial charge in [-0.15, -0.1) is 0 Å². The van der Waals surface area contributed by atoms with Crippen LogP contribution >= 0.6 is 0 Å². The Hall–Kier alpha value is -0.500. The van der Waals surface area contributed by atoms with Crippen molar-refractivity contribution in [3.05, 3.63) is 12.3 Å². The van der Waals surface area contributed by atoms with Gasteiger partial charge < -0.3 is 9.64 Å². The molecule has 1 saturated heterocycles. The summed E-state index contributed by atoms with van der Waals surface area (Å²) >= 11 is 0. The Morgan fingerprint density at radius 2 is 2.40 bits per heavy atom. The largest absolute Gasteiger partial charge is 0.377 e. The van der Waals surface area contributed by atoms with E-state index in [1.165, 1.54) is 0 Å². The third kappa shape index (κ3) is 1.51. The minimum absolute atomic E-state index is 0.506. The van der Waals surface area contributed by atoms with Gasteiger partial charge in [0.2, 0.25) is 0 Å². The second kappa shape index (κ2) is 3.06. The van der Waals surface area contributed by atoms with Crippen molar-refractivity contribution >= 4 is 0 Å². The SMILES string of the molecule is C=C(C)N1CCOCC1C. The molecule has 1 rings (SSSR count). The van der Waals surface area contributed by atoms with Gasteiger partial charge in [-0.3, -0.25) is 0 Å². The molecule has 0 saturated carbocycles. The predicted octanol–water partition coefficient (Wildman–Crippen LogP) is 1.24. The number of allylic oxidation sites excluding steroid dienone is 1. The van der Waals surface area contributed by atoms with Crippen molar-refractivity contribution in [3.8, 4) is 0 Å². The first-order valence-corrected chi connectivity index (χ1v) is 3.71. The van der Waals surface area contributed by atoms with Gasteiger partial charge >= 0.3 is 0 Å². The van der Waals surface area contributed by atoms with Crippen LogP contribution in [0.25, 0.3) is 0 Å². The molecule has 58 valence electrons. The summed E-state index contributed by atoms with van der Waals surface area (Å²) in [5.74, 6) is 0. The van der Waals surface area contributed by atoms with E-state index in [9.17, 15) is 0 Å². The number of ether oxygens (including phenoxy) is 1. The van der Waals surface area contributed by atoms with Crippen molar-refractivity contribution < 1.29 is 4.74 Å². The number of rotatable bonds is 1. The lowest BCUT2D eigenvalue weighted by atomic mass is 10.2. The molecule has 0 aromatic carbocycles. The summed E-state index contributed by atoms with van der Waals surface area (Å²) in [7, 11) is 0. The molecule has 0 amide bonds. The van der Waals surface area contributed by atoms with E-state index in [4.69, 9.17) is 4.74 Å². The zero-order valence-electron chi connectivity index (χ0n) is 6.76. The molecule has 1 aliphatic rings. The fourth-order valence-corrected chi connectivity index (χ4v) is 1.29. The van der Waals surface area contributed by atoms with Crippen LogP contribution in [0.5, 0.6) is 0 Å². The maximum atomic E-state index is 5.28. The first-order chi connectivity index (χ1) is 4.72. The quantitative estimate of drug-likeness (QED) is 0.544. The van der Waals surface area contributed by atoms with Crippen LogP contribution in [0.1, 0.15) is 13.8 Å². The second-order valence-electron chi connectivity index (χ2n) is 2.85. The van der Waals surface area contributed by atoms with E-state index in [0.29, 0.717) is 6.04 Å². The van der Waals surface area contributed by atoms with E-state index >= 15 is 0 Å². The average Bonchev–Trinajstić information content (AvgIpc) is 1.88. The van der Waals surface area contributed by atoms with Crippen molar-refractivity contribution in [1.29, 1.82) is 0 Å². The van der Waals surface area contributed by atoms with Crippen LogP contribution in [0.2, 0.25) is 0 Å². The van der Waals surface area contributed by atoms with Crippen molar-refractivity contribution in [2.45, 2.75) is 19.9 Å². The molecular weight excluding hydrogens is 126 g/mol. The molecule has 0 aliphatic carbocycles. The zero-order valence-corrected chi connectivity index (χ0v) is 6.76. The minimum Gasteiger partial charge on any atom is -0.377 e. The third-order valence-electron chi connectivity index (χ3n) is 1.86. The molecule has 1 fully saturated rings. The summed E-state index contributed by atoms with van der Waals surface area (Å²) < 4.78 is 5.28. The average molecular weight is 141 g/mol. The van der Waals surface area contributed by atoms with Crippen molar-refractivity contribution in [3.63, 3.8) is 0 Å². The molecule has 1 atom stereocenters. The van der Waals surface area contributed by atoms with Crippen LogP contribution in [-0.4, -0.2) is 30.7 Å². The minimum atomic E-state index is 0.506. The van der Waals surface area contributed by atoms with Crippen LogP contribution in [0, 0.1) is 0 Å². The van der Waals surface area contributed by atoms with Gasteiger partial charge in [0.15, 0.2) is 0 Å². The van der Waals surface area contributed by atoms with E-state index in [0.717, 1.165) is 25.5 Å². The zero-order chi connectivity index (χ0) is 7.56. The van der Waals surface area contributed by atoms with Gasteiger partial charge in [0, 0.05) is 18.3 Å². The van der Waals surface area contributed by atoms with Gasteiger partial charge in [-0.25, -0.2) is 0 Å². The predicted molar refractivity (Wildman–Crippen MR) is 41.8 cm³/mol. The molecule has 2 heteroatoms.